The Bertz CT molecular complexity index is 532. The van der Waals surface area contributed by atoms with Crippen molar-refractivity contribution >= 4 is 12.1 Å². The Morgan fingerprint density at radius 1 is 1.40 bits per heavy atom. The van der Waals surface area contributed by atoms with Gasteiger partial charge in [0.05, 0.1) is 20.3 Å². The number of ether oxygens (including phenoxy) is 2. The van der Waals surface area contributed by atoms with Gasteiger partial charge < -0.3 is 9.47 Å². The monoisotopic (exact) mass is 281 g/mol. The fraction of sp³-hybridized carbons (Fsp3) is 0.429. The van der Waals surface area contributed by atoms with Crippen molar-refractivity contribution < 1.29 is 23.5 Å². The molecule has 0 aromatic heterocycles. The Hall–Kier alpha value is -2.11. The van der Waals surface area contributed by atoms with Gasteiger partial charge in [-0.05, 0) is 30.2 Å². The molecule has 0 saturated heterocycles. The molecule has 0 bridgehead atoms. The summed E-state index contributed by atoms with van der Waals surface area (Å²) in [5, 5.41) is 0. The van der Waals surface area contributed by atoms with E-state index in [1.165, 1.54) is 24.1 Å². The molecule has 5 nitrogen and oxygen atoms in total. The van der Waals surface area contributed by atoms with Crippen LogP contribution in [0, 0.1) is 5.82 Å². The topological polar surface area (TPSA) is 55.8 Å². The van der Waals surface area contributed by atoms with Crippen LogP contribution in [-0.4, -0.2) is 36.7 Å². The number of carbonyl (C=O) groups excluding carboxylic acids is 2. The fourth-order valence-electron chi connectivity index (χ4n) is 2.30. The van der Waals surface area contributed by atoms with Gasteiger partial charge in [-0.3, -0.25) is 4.90 Å². The van der Waals surface area contributed by atoms with E-state index in [0.29, 0.717) is 5.56 Å². The first-order valence-corrected chi connectivity index (χ1v) is 6.35. The van der Waals surface area contributed by atoms with Crippen LogP contribution in [0.25, 0.3) is 0 Å². The molecular weight excluding hydrogens is 265 g/mol. The highest BCUT2D eigenvalue weighted by Gasteiger charge is 2.36. The third-order valence-electron chi connectivity index (χ3n) is 3.27. The van der Waals surface area contributed by atoms with Gasteiger partial charge in [-0.15, -0.1) is 0 Å². The zero-order chi connectivity index (χ0) is 14.7. The molecule has 1 aromatic carbocycles. The van der Waals surface area contributed by atoms with Crippen LogP contribution in [0.5, 0.6) is 0 Å². The highest BCUT2D eigenvalue weighted by Crippen LogP contribution is 2.25. The number of esters is 1. The van der Waals surface area contributed by atoms with E-state index < -0.39 is 18.1 Å². The number of methoxy groups -OCH3 is 1. The first kappa shape index (κ1) is 14.3. The lowest BCUT2D eigenvalue weighted by molar-refractivity contribution is -0.147. The van der Waals surface area contributed by atoms with E-state index in [0.717, 1.165) is 5.56 Å². The largest absolute Gasteiger partial charge is 0.467 e. The number of hydrogen-bond donors (Lipinski definition) is 0. The zero-order valence-corrected chi connectivity index (χ0v) is 11.4. The molecule has 1 unspecified atom stereocenters. The Morgan fingerprint density at radius 3 is 2.80 bits per heavy atom. The van der Waals surface area contributed by atoms with E-state index >= 15 is 0 Å². The molecule has 0 fully saturated rings. The number of hydrogen-bond acceptors (Lipinski definition) is 4. The highest BCUT2D eigenvalue weighted by atomic mass is 19.1. The SMILES string of the molecule is CCOC(=O)N1Cc2ccc(F)cc2CC1C(=O)OC. The summed E-state index contributed by atoms with van der Waals surface area (Å²) in [7, 11) is 1.26. The molecule has 0 aliphatic carbocycles. The summed E-state index contributed by atoms with van der Waals surface area (Å²) in [6, 6.07) is 3.55. The Balaban J connectivity index is 2.32. The lowest BCUT2D eigenvalue weighted by atomic mass is 9.94. The Morgan fingerprint density at radius 2 is 2.15 bits per heavy atom. The summed E-state index contributed by atoms with van der Waals surface area (Å²) in [4.78, 5) is 25.1. The maximum absolute atomic E-state index is 13.3. The van der Waals surface area contributed by atoms with Gasteiger partial charge in [0, 0.05) is 6.42 Å². The van der Waals surface area contributed by atoms with Crippen LogP contribution in [0.15, 0.2) is 18.2 Å². The van der Waals surface area contributed by atoms with Crippen molar-refractivity contribution in [3.63, 3.8) is 0 Å². The molecule has 108 valence electrons. The van der Waals surface area contributed by atoms with Crippen molar-refractivity contribution in [2.75, 3.05) is 13.7 Å². The molecule has 20 heavy (non-hydrogen) atoms. The van der Waals surface area contributed by atoms with E-state index in [9.17, 15) is 14.0 Å². The van der Waals surface area contributed by atoms with E-state index in [-0.39, 0.29) is 25.4 Å². The Labute approximate surface area is 116 Å². The first-order valence-electron chi connectivity index (χ1n) is 6.35. The highest BCUT2D eigenvalue weighted by molar-refractivity contribution is 5.82. The van der Waals surface area contributed by atoms with Crippen LogP contribution in [-0.2, 0) is 27.2 Å². The molecule has 1 atom stereocenters. The van der Waals surface area contributed by atoms with Gasteiger partial charge in [0.15, 0.2) is 0 Å². The second-order valence-corrected chi connectivity index (χ2v) is 4.48. The van der Waals surface area contributed by atoms with Crippen molar-refractivity contribution in [2.24, 2.45) is 0 Å². The van der Waals surface area contributed by atoms with Crippen LogP contribution in [0.3, 0.4) is 0 Å². The minimum Gasteiger partial charge on any atom is -0.467 e. The van der Waals surface area contributed by atoms with Gasteiger partial charge in [-0.1, -0.05) is 6.07 Å². The minimum atomic E-state index is -0.784. The second-order valence-electron chi connectivity index (χ2n) is 4.48. The van der Waals surface area contributed by atoms with Crippen LogP contribution < -0.4 is 0 Å². The molecule has 0 N–H and O–H groups in total. The number of fused-ring (bicyclic) bond motifs is 1. The molecule has 1 amide bonds. The quantitative estimate of drug-likeness (QED) is 0.777. The van der Waals surface area contributed by atoms with Gasteiger partial charge in [0.2, 0.25) is 0 Å². The van der Waals surface area contributed by atoms with Crippen molar-refractivity contribution in [1.82, 2.24) is 4.90 Å². The van der Waals surface area contributed by atoms with E-state index in [1.807, 2.05) is 0 Å². The number of rotatable bonds is 2. The summed E-state index contributed by atoms with van der Waals surface area (Å²) in [5.74, 6) is -0.898. The average Bonchev–Trinajstić information content (AvgIpc) is 2.45. The molecule has 0 saturated carbocycles. The van der Waals surface area contributed by atoms with E-state index in [4.69, 9.17) is 9.47 Å². The van der Waals surface area contributed by atoms with Crippen molar-refractivity contribution in [3.8, 4) is 0 Å². The van der Waals surface area contributed by atoms with Gasteiger partial charge in [-0.25, -0.2) is 14.0 Å². The minimum absolute atomic E-state index is 0.203. The third kappa shape index (κ3) is 2.74. The molecule has 1 aliphatic heterocycles. The normalized spacial score (nSPS) is 17.4. The number of benzene rings is 1. The molecule has 2 rings (SSSR count). The number of amides is 1. The Kier molecular flexibility index (Phi) is 4.22. The lowest BCUT2D eigenvalue weighted by Crippen LogP contribution is -2.49. The number of halogens is 1. The lowest BCUT2D eigenvalue weighted by Gasteiger charge is -2.34. The van der Waals surface area contributed by atoms with Crippen molar-refractivity contribution in [1.29, 1.82) is 0 Å². The van der Waals surface area contributed by atoms with E-state index in [1.54, 1.807) is 13.0 Å². The average molecular weight is 281 g/mol. The van der Waals surface area contributed by atoms with Gasteiger partial charge in [0.25, 0.3) is 0 Å². The molecule has 1 heterocycles. The summed E-state index contributed by atoms with van der Waals surface area (Å²) in [6.07, 6.45) is -0.351. The summed E-state index contributed by atoms with van der Waals surface area (Å²) >= 11 is 0. The summed E-state index contributed by atoms with van der Waals surface area (Å²) in [5.41, 5.74) is 1.51. The van der Waals surface area contributed by atoms with Crippen LogP contribution in [0.4, 0.5) is 9.18 Å². The first-order chi connectivity index (χ1) is 9.56. The molecule has 1 aromatic rings. The predicted molar refractivity (Wildman–Crippen MR) is 68.5 cm³/mol. The van der Waals surface area contributed by atoms with Crippen molar-refractivity contribution in [3.05, 3.63) is 35.1 Å². The zero-order valence-electron chi connectivity index (χ0n) is 11.4. The summed E-state index contributed by atoms with van der Waals surface area (Å²) < 4.78 is 22.9. The summed E-state index contributed by atoms with van der Waals surface area (Å²) in [6.45, 7) is 2.12. The van der Waals surface area contributed by atoms with Gasteiger partial charge >= 0.3 is 12.1 Å². The maximum Gasteiger partial charge on any atom is 0.410 e. The van der Waals surface area contributed by atoms with Crippen LogP contribution in [0.2, 0.25) is 0 Å². The third-order valence-corrected chi connectivity index (χ3v) is 3.27. The standard InChI is InChI=1S/C14H16FNO4/c1-3-20-14(18)16-8-9-4-5-11(15)6-10(9)7-12(16)13(17)19-2/h4-6,12H,3,7-8H2,1-2H3. The van der Waals surface area contributed by atoms with E-state index in [2.05, 4.69) is 0 Å². The second kappa shape index (κ2) is 5.90. The van der Waals surface area contributed by atoms with Crippen molar-refractivity contribution in [2.45, 2.75) is 25.9 Å². The number of carbonyl (C=O) groups is 2. The van der Waals surface area contributed by atoms with Gasteiger partial charge in [0.1, 0.15) is 11.9 Å². The smallest absolute Gasteiger partial charge is 0.410 e. The molecule has 1 aliphatic rings. The molecule has 0 spiro atoms. The predicted octanol–water partition coefficient (Wildman–Crippen LogP) is 1.88. The number of nitrogens with zero attached hydrogens (tertiary/aromatic N) is 1. The maximum atomic E-state index is 13.3. The molecular formula is C14H16FNO4. The molecule has 0 radical (unpaired) electrons. The van der Waals surface area contributed by atoms with Gasteiger partial charge in [-0.2, -0.15) is 0 Å². The van der Waals surface area contributed by atoms with Crippen LogP contribution >= 0.6 is 0 Å². The fourth-order valence-corrected chi connectivity index (χ4v) is 2.30. The van der Waals surface area contributed by atoms with Crippen LogP contribution in [0.1, 0.15) is 18.1 Å². The molecule has 6 heteroatoms.